The molecule has 2 aromatic carbocycles. The van der Waals surface area contributed by atoms with Crippen LogP contribution in [0, 0.1) is 0 Å². The summed E-state index contributed by atoms with van der Waals surface area (Å²) in [5.41, 5.74) is 1.74. The molecule has 0 atom stereocenters. The number of hydrogen-bond donors (Lipinski definition) is 3. The third kappa shape index (κ3) is 5.82. The molecular formula is C22H28N3O3+. The fourth-order valence-electron chi connectivity index (χ4n) is 3.44. The van der Waals surface area contributed by atoms with Crippen LogP contribution in [0.3, 0.4) is 0 Å². The van der Waals surface area contributed by atoms with Crippen LogP contribution in [0.1, 0.15) is 28.8 Å². The maximum atomic E-state index is 12.4. The van der Waals surface area contributed by atoms with E-state index in [1.807, 2.05) is 30.3 Å². The summed E-state index contributed by atoms with van der Waals surface area (Å²) in [4.78, 5) is 25.8. The third-order valence-electron chi connectivity index (χ3n) is 5.12. The van der Waals surface area contributed by atoms with Gasteiger partial charge in [-0.25, -0.2) is 0 Å². The topological polar surface area (TPSA) is 71.9 Å². The fourth-order valence-corrected chi connectivity index (χ4v) is 3.44. The predicted molar refractivity (Wildman–Crippen MR) is 107 cm³/mol. The summed E-state index contributed by atoms with van der Waals surface area (Å²) < 4.78 is 5.12. The number of benzene rings is 2. The number of quaternary nitrogens is 1. The lowest BCUT2D eigenvalue weighted by Gasteiger charge is -2.29. The number of hydrogen-bond acceptors (Lipinski definition) is 3. The van der Waals surface area contributed by atoms with Crippen molar-refractivity contribution in [3.8, 4) is 5.75 Å². The highest BCUT2D eigenvalue weighted by Crippen LogP contribution is 2.12. The highest BCUT2D eigenvalue weighted by molar-refractivity contribution is 5.94. The van der Waals surface area contributed by atoms with Gasteiger partial charge in [0.05, 0.1) is 20.2 Å². The average molecular weight is 382 g/mol. The van der Waals surface area contributed by atoms with Crippen LogP contribution in [0.2, 0.25) is 0 Å². The second kappa shape index (κ2) is 9.90. The summed E-state index contributed by atoms with van der Waals surface area (Å²) in [6.45, 7) is 2.80. The number of nitrogens with one attached hydrogen (secondary N) is 3. The van der Waals surface area contributed by atoms with E-state index in [2.05, 4.69) is 10.6 Å². The first-order chi connectivity index (χ1) is 13.6. The van der Waals surface area contributed by atoms with Crippen molar-refractivity contribution < 1.29 is 19.2 Å². The first kappa shape index (κ1) is 19.9. The minimum absolute atomic E-state index is 0.0586. The quantitative estimate of drug-likeness (QED) is 0.663. The van der Waals surface area contributed by atoms with Gasteiger partial charge in [-0.2, -0.15) is 0 Å². The Kier molecular flexibility index (Phi) is 7.03. The van der Waals surface area contributed by atoms with Crippen LogP contribution < -0.4 is 20.3 Å². The van der Waals surface area contributed by atoms with E-state index < -0.39 is 0 Å². The minimum atomic E-state index is -0.0586. The van der Waals surface area contributed by atoms with Crippen molar-refractivity contribution in [2.24, 2.45) is 0 Å². The van der Waals surface area contributed by atoms with Crippen LogP contribution in [0.5, 0.6) is 5.75 Å². The fraction of sp³-hybridized carbons (Fsp3) is 0.364. The Bertz CT molecular complexity index is 769. The van der Waals surface area contributed by atoms with E-state index in [-0.39, 0.29) is 17.9 Å². The van der Waals surface area contributed by atoms with Crippen molar-refractivity contribution in [2.75, 3.05) is 26.7 Å². The monoisotopic (exact) mass is 382 g/mol. The lowest BCUT2D eigenvalue weighted by Crippen LogP contribution is -3.14. The summed E-state index contributed by atoms with van der Waals surface area (Å²) in [6.07, 6.45) is 1.76. The molecule has 148 valence electrons. The SMILES string of the molecule is COc1ccc(C(=O)NC2CC[NH+](CC(=O)NCc3ccccc3)CC2)cc1. The molecule has 2 aromatic rings. The van der Waals surface area contributed by atoms with Crippen LogP contribution in [0.15, 0.2) is 54.6 Å². The van der Waals surface area contributed by atoms with Gasteiger partial charge in [-0.1, -0.05) is 30.3 Å². The number of carbonyl (C=O) groups excluding carboxylic acids is 2. The molecule has 1 fully saturated rings. The van der Waals surface area contributed by atoms with Gasteiger partial charge in [-0.15, -0.1) is 0 Å². The molecule has 0 unspecified atom stereocenters. The molecular weight excluding hydrogens is 354 g/mol. The highest BCUT2D eigenvalue weighted by atomic mass is 16.5. The molecule has 0 radical (unpaired) electrons. The molecule has 0 aromatic heterocycles. The normalized spacial score (nSPS) is 18.9. The van der Waals surface area contributed by atoms with Gasteiger partial charge >= 0.3 is 0 Å². The van der Waals surface area contributed by atoms with Gasteiger partial charge in [-0.3, -0.25) is 9.59 Å². The van der Waals surface area contributed by atoms with Gasteiger partial charge in [0.25, 0.3) is 11.8 Å². The van der Waals surface area contributed by atoms with Crippen molar-refractivity contribution in [3.63, 3.8) is 0 Å². The average Bonchev–Trinajstić information content (AvgIpc) is 2.74. The Morgan fingerprint density at radius 1 is 1.04 bits per heavy atom. The molecule has 1 aliphatic rings. The maximum absolute atomic E-state index is 12.4. The molecule has 6 nitrogen and oxygen atoms in total. The van der Waals surface area contributed by atoms with E-state index in [0.29, 0.717) is 18.7 Å². The number of carbonyl (C=O) groups is 2. The van der Waals surface area contributed by atoms with Crippen LogP contribution in [-0.4, -0.2) is 44.6 Å². The van der Waals surface area contributed by atoms with Crippen molar-refractivity contribution in [2.45, 2.75) is 25.4 Å². The molecule has 1 heterocycles. The predicted octanol–water partition coefficient (Wildman–Crippen LogP) is 0.789. The molecule has 0 saturated carbocycles. The Hall–Kier alpha value is -2.86. The van der Waals surface area contributed by atoms with Gasteiger partial charge in [0.2, 0.25) is 0 Å². The van der Waals surface area contributed by atoms with E-state index in [0.717, 1.165) is 37.2 Å². The molecule has 0 bridgehead atoms. The summed E-state index contributed by atoms with van der Waals surface area (Å²) in [6, 6.07) is 17.2. The van der Waals surface area contributed by atoms with Crippen molar-refractivity contribution in [1.82, 2.24) is 10.6 Å². The zero-order chi connectivity index (χ0) is 19.8. The summed E-state index contributed by atoms with van der Waals surface area (Å²) in [5, 5.41) is 6.08. The van der Waals surface area contributed by atoms with Crippen LogP contribution in [0.4, 0.5) is 0 Å². The summed E-state index contributed by atoms with van der Waals surface area (Å²) in [5.74, 6) is 0.746. The van der Waals surface area contributed by atoms with E-state index in [1.54, 1.807) is 31.4 Å². The largest absolute Gasteiger partial charge is 0.497 e. The van der Waals surface area contributed by atoms with E-state index in [4.69, 9.17) is 4.74 Å². The van der Waals surface area contributed by atoms with E-state index in [9.17, 15) is 9.59 Å². The molecule has 2 amide bonds. The third-order valence-corrected chi connectivity index (χ3v) is 5.12. The van der Waals surface area contributed by atoms with Gasteiger partial charge < -0.3 is 20.3 Å². The number of likely N-dealkylation sites (tertiary alicyclic amines) is 1. The van der Waals surface area contributed by atoms with Gasteiger partial charge in [0, 0.05) is 31.0 Å². The molecule has 28 heavy (non-hydrogen) atoms. The summed E-state index contributed by atoms with van der Waals surface area (Å²) in [7, 11) is 1.60. The Labute approximate surface area is 165 Å². The first-order valence-corrected chi connectivity index (χ1v) is 9.73. The van der Waals surface area contributed by atoms with E-state index >= 15 is 0 Å². The minimum Gasteiger partial charge on any atom is -0.497 e. The van der Waals surface area contributed by atoms with Gasteiger partial charge in [-0.05, 0) is 29.8 Å². The van der Waals surface area contributed by atoms with Crippen LogP contribution in [-0.2, 0) is 11.3 Å². The number of rotatable bonds is 7. The number of amides is 2. The van der Waals surface area contributed by atoms with Crippen molar-refractivity contribution >= 4 is 11.8 Å². The van der Waals surface area contributed by atoms with Crippen molar-refractivity contribution in [3.05, 3.63) is 65.7 Å². The second-order valence-corrected chi connectivity index (χ2v) is 7.17. The summed E-state index contributed by atoms with van der Waals surface area (Å²) >= 11 is 0. The number of piperidine rings is 1. The molecule has 0 aliphatic carbocycles. The lowest BCUT2D eigenvalue weighted by molar-refractivity contribution is -0.897. The molecule has 1 aliphatic heterocycles. The Balaban J connectivity index is 1.37. The standard InChI is InChI=1S/C22H27N3O3/c1-28-20-9-7-18(8-10-20)22(27)24-19-11-13-25(14-12-19)16-21(26)23-15-17-5-3-2-4-6-17/h2-10,19H,11-16H2,1H3,(H,23,26)(H,24,27)/p+1. The van der Waals surface area contributed by atoms with Gasteiger partial charge in [0.15, 0.2) is 6.54 Å². The lowest BCUT2D eigenvalue weighted by atomic mass is 10.0. The Morgan fingerprint density at radius 3 is 2.36 bits per heavy atom. The molecule has 3 rings (SSSR count). The molecule has 6 heteroatoms. The van der Waals surface area contributed by atoms with Crippen molar-refractivity contribution in [1.29, 1.82) is 0 Å². The Morgan fingerprint density at radius 2 is 1.71 bits per heavy atom. The van der Waals surface area contributed by atoms with E-state index in [1.165, 1.54) is 4.90 Å². The molecule has 0 spiro atoms. The highest BCUT2D eigenvalue weighted by Gasteiger charge is 2.25. The smallest absolute Gasteiger partial charge is 0.275 e. The van der Waals surface area contributed by atoms with Crippen LogP contribution >= 0.6 is 0 Å². The van der Waals surface area contributed by atoms with Crippen LogP contribution in [0.25, 0.3) is 0 Å². The van der Waals surface area contributed by atoms with Gasteiger partial charge in [0.1, 0.15) is 5.75 Å². The maximum Gasteiger partial charge on any atom is 0.275 e. The number of methoxy groups -OCH3 is 1. The number of ether oxygens (including phenoxy) is 1. The molecule has 3 N–H and O–H groups in total. The zero-order valence-electron chi connectivity index (χ0n) is 16.2. The first-order valence-electron chi connectivity index (χ1n) is 9.73. The second-order valence-electron chi connectivity index (χ2n) is 7.17. The zero-order valence-corrected chi connectivity index (χ0v) is 16.2. The molecule has 1 saturated heterocycles.